The molecule has 1 aliphatic carbocycles. The van der Waals surface area contributed by atoms with Crippen LogP contribution in [0.2, 0.25) is 0 Å². The highest BCUT2D eigenvalue weighted by molar-refractivity contribution is 6.03. The van der Waals surface area contributed by atoms with Crippen LogP contribution in [0.1, 0.15) is 44.9 Å². The lowest BCUT2D eigenvalue weighted by Crippen LogP contribution is -2.49. The van der Waals surface area contributed by atoms with Crippen molar-refractivity contribution >= 4 is 34.2 Å². The largest absolute Gasteiger partial charge is 0.345 e. The van der Waals surface area contributed by atoms with Gasteiger partial charge in [-0.15, -0.1) is 0 Å². The molecule has 2 aliphatic rings. The molecule has 1 aromatic carbocycles. The number of H-pyrrole nitrogens is 2. The van der Waals surface area contributed by atoms with Gasteiger partial charge in [0.1, 0.15) is 6.04 Å². The molecule has 1 aliphatic heterocycles. The Hall–Kier alpha value is -3.43. The van der Waals surface area contributed by atoms with Gasteiger partial charge in [0.05, 0.1) is 23.0 Å². The quantitative estimate of drug-likeness (QED) is 0.544. The van der Waals surface area contributed by atoms with Crippen molar-refractivity contribution in [3.63, 3.8) is 0 Å². The molecule has 4 N–H and O–H groups in total. The zero-order valence-electron chi connectivity index (χ0n) is 17.7. The smallest absolute Gasteiger partial charge is 0.272 e. The van der Waals surface area contributed by atoms with Crippen molar-refractivity contribution in [1.82, 2.24) is 20.4 Å². The zero-order chi connectivity index (χ0) is 22.7. The molecule has 2 fully saturated rings. The predicted octanol–water partition coefficient (Wildman–Crippen LogP) is 0.842. The Kier molecular flexibility index (Phi) is 6.38. The van der Waals surface area contributed by atoms with E-state index in [1.807, 2.05) is 0 Å². The Morgan fingerprint density at radius 2 is 1.72 bits per heavy atom. The fourth-order valence-electron chi connectivity index (χ4n) is 4.70. The highest BCUT2D eigenvalue weighted by Crippen LogP contribution is 2.28. The minimum atomic E-state index is -0.559. The first kappa shape index (κ1) is 21.8. The molecule has 1 aromatic heterocycles. The SMILES string of the molecule is O=C(CNC(=O)C1CCCN1C(=O)C1CCCCC1)Nc1cccc2c(=O)[nH][nH]c(=O)c12. The van der Waals surface area contributed by atoms with Gasteiger partial charge in [0.2, 0.25) is 17.7 Å². The predicted molar refractivity (Wildman–Crippen MR) is 118 cm³/mol. The van der Waals surface area contributed by atoms with Crippen LogP contribution in [-0.2, 0) is 14.4 Å². The normalized spacial score (nSPS) is 19.1. The number of hydrogen-bond acceptors (Lipinski definition) is 5. The maximum Gasteiger partial charge on any atom is 0.272 e. The van der Waals surface area contributed by atoms with E-state index in [4.69, 9.17) is 0 Å². The van der Waals surface area contributed by atoms with E-state index in [1.54, 1.807) is 11.0 Å². The van der Waals surface area contributed by atoms with Crippen molar-refractivity contribution in [3.05, 3.63) is 38.9 Å². The number of carbonyl (C=O) groups excluding carboxylic acids is 3. The van der Waals surface area contributed by atoms with Gasteiger partial charge in [0, 0.05) is 12.5 Å². The molecule has 0 bridgehead atoms. The number of nitrogens with one attached hydrogen (secondary N) is 4. The van der Waals surface area contributed by atoms with Gasteiger partial charge in [-0.25, -0.2) is 0 Å². The van der Waals surface area contributed by atoms with Crippen molar-refractivity contribution in [2.45, 2.75) is 51.0 Å². The molecule has 170 valence electrons. The topological polar surface area (TPSA) is 144 Å². The summed E-state index contributed by atoms with van der Waals surface area (Å²) in [6.45, 7) is 0.255. The molecule has 1 saturated heterocycles. The summed E-state index contributed by atoms with van der Waals surface area (Å²) in [5, 5.41) is 9.87. The highest BCUT2D eigenvalue weighted by Gasteiger charge is 2.37. The molecule has 4 rings (SSSR count). The van der Waals surface area contributed by atoms with Gasteiger partial charge in [0.15, 0.2) is 0 Å². The average Bonchev–Trinajstić information content (AvgIpc) is 3.30. The van der Waals surface area contributed by atoms with E-state index in [0.29, 0.717) is 13.0 Å². The third kappa shape index (κ3) is 4.44. The lowest BCUT2D eigenvalue weighted by atomic mass is 9.88. The molecule has 2 heterocycles. The number of rotatable bonds is 5. The van der Waals surface area contributed by atoms with Gasteiger partial charge in [-0.1, -0.05) is 25.3 Å². The summed E-state index contributed by atoms with van der Waals surface area (Å²) in [4.78, 5) is 63.7. The van der Waals surface area contributed by atoms with E-state index in [9.17, 15) is 24.0 Å². The van der Waals surface area contributed by atoms with Crippen molar-refractivity contribution in [3.8, 4) is 0 Å². The van der Waals surface area contributed by atoms with Crippen molar-refractivity contribution in [2.24, 2.45) is 5.92 Å². The summed E-state index contributed by atoms with van der Waals surface area (Å²) in [6, 6.07) is 3.99. The number of amides is 3. The molecule has 1 atom stereocenters. The summed E-state index contributed by atoms with van der Waals surface area (Å²) in [5.74, 6) is -0.845. The third-order valence-corrected chi connectivity index (χ3v) is 6.32. The van der Waals surface area contributed by atoms with Crippen LogP contribution >= 0.6 is 0 Å². The second-order valence-electron chi connectivity index (χ2n) is 8.43. The van der Waals surface area contributed by atoms with E-state index in [1.165, 1.54) is 12.1 Å². The second kappa shape index (κ2) is 9.37. The Balaban J connectivity index is 1.38. The van der Waals surface area contributed by atoms with Crippen molar-refractivity contribution < 1.29 is 14.4 Å². The maximum absolute atomic E-state index is 12.9. The highest BCUT2D eigenvalue weighted by atomic mass is 16.2. The zero-order valence-corrected chi connectivity index (χ0v) is 17.7. The van der Waals surface area contributed by atoms with Crippen LogP contribution in [0.5, 0.6) is 0 Å². The molecular formula is C22H27N5O5. The van der Waals surface area contributed by atoms with Crippen LogP contribution in [-0.4, -0.2) is 52.0 Å². The minimum absolute atomic E-state index is 0.00643. The molecular weight excluding hydrogens is 414 g/mol. The first-order chi connectivity index (χ1) is 15.5. The number of nitrogens with zero attached hydrogens (tertiary/aromatic N) is 1. The fourth-order valence-corrected chi connectivity index (χ4v) is 4.70. The van der Waals surface area contributed by atoms with Gasteiger partial charge in [-0.2, -0.15) is 0 Å². The summed E-state index contributed by atoms with van der Waals surface area (Å²) in [5.41, 5.74) is -0.834. The van der Waals surface area contributed by atoms with Crippen LogP contribution in [0, 0.1) is 5.92 Å². The number of likely N-dealkylation sites (tertiary alicyclic amines) is 1. The van der Waals surface area contributed by atoms with Crippen LogP contribution in [0.4, 0.5) is 5.69 Å². The first-order valence-electron chi connectivity index (χ1n) is 11.1. The summed E-state index contributed by atoms with van der Waals surface area (Å²) < 4.78 is 0. The third-order valence-electron chi connectivity index (χ3n) is 6.32. The van der Waals surface area contributed by atoms with E-state index >= 15 is 0 Å². The lowest BCUT2D eigenvalue weighted by molar-refractivity contribution is -0.142. The molecule has 0 spiro atoms. The van der Waals surface area contributed by atoms with E-state index < -0.39 is 23.1 Å². The lowest BCUT2D eigenvalue weighted by Gasteiger charge is -2.30. The van der Waals surface area contributed by atoms with E-state index in [2.05, 4.69) is 20.8 Å². The van der Waals surface area contributed by atoms with Gasteiger partial charge in [-0.3, -0.25) is 34.2 Å². The van der Waals surface area contributed by atoms with Crippen LogP contribution in [0.25, 0.3) is 10.8 Å². The number of fused-ring (bicyclic) bond motifs is 1. The number of hydrogen-bond donors (Lipinski definition) is 4. The minimum Gasteiger partial charge on any atom is -0.345 e. The van der Waals surface area contributed by atoms with Crippen molar-refractivity contribution in [2.75, 3.05) is 18.4 Å². The molecule has 3 amide bonds. The molecule has 1 unspecified atom stereocenters. The number of anilines is 1. The monoisotopic (exact) mass is 441 g/mol. The van der Waals surface area contributed by atoms with Gasteiger partial charge in [-0.05, 0) is 37.8 Å². The van der Waals surface area contributed by atoms with Crippen LogP contribution in [0.15, 0.2) is 27.8 Å². The van der Waals surface area contributed by atoms with Crippen LogP contribution < -0.4 is 21.8 Å². The number of benzene rings is 1. The summed E-state index contributed by atoms with van der Waals surface area (Å²) in [6.07, 6.45) is 6.33. The molecule has 1 saturated carbocycles. The van der Waals surface area contributed by atoms with Crippen molar-refractivity contribution in [1.29, 1.82) is 0 Å². The van der Waals surface area contributed by atoms with Gasteiger partial charge >= 0.3 is 0 Å². The Labute approximate surface area is 183 Å². The van der Waals surface area contributed by atoms with E-state index in [0.717, 1.165) is 38.5 Å². The summed E-state index contributed by atoms with van der Waals surface area (Å²) >= 11 is 0. The molecule has 0 radical (unpaired) electrons. The number of carbonyl (C=O) groups is 3. The van der Waals surface area contributed by atoms with Crippen LogP contribution in [0.3, 0.4) is 0 Å². The summed E-state index contributed by atoms with van der Waals surface area (Å²) in [7, 11) is 0. The van der Waals surface area contributed by atoms with Gasteiger partial charge in [0.25, 0.3) is 11.1 Å². The number of aromatic nitrogens is 2. The van der Waals surface area contributed by atoms with Gasteiger partial charge < -0.3 is 15.5 Å². The fraction of sp³-hybridized carbons (Fsp3) is 0.500. The molecule has 10 nitrogen and oxygen atoms in total. The molecule has 2 aromatic rings. The standard InChI is InChI=1S/C22H27N5O5/c28-17(24-15-9-4-8-14-18(15)21(31)26-25-19(14)29)12-23-20(30)16-10-5-11-27(16)22(32)13-6-2-1-3-7-13/h4,8-9,13,16H,1-3,5-7,10-12H2,(H,23,30)(H,24,28)(H,25,29)(H,26,31). The Bertz CT molecular complexity index is 1150. The molecule has 10 heteroatoms. The Morgan fingerprint density at radius 3 is 2.50 bits per heavy atom. The molecule has 32 heavy (non-hydrogen) atoms. The maximum atomic E-state index is 12.9. The first-order valence-corrected chi connectivity index (χ1v) is 11.1. The Morgan fingerprint density at radius 1 is 0.969 bits per heavy atom. The second-order valence-corrected chi connectivity index (χ2v) is 8.43. The average molecular weight is 441 g/mol. The van der Waals surface area contributed by atoms with E-state index in [-0.39, 0.29) is 40.7 Å². The number of aromatic amines is 2.